The van der Waals surface area contributed by atoms with Gasteiger partial charge in [-0.15, -0.1) is 0 Å². The van der Waals surface area contributed by atoms with Crippen molar-refractivity contribution in [3.05, 3.63) is 53.9 Å². The number of halogens is 1. The van der Waals surface area contributed by atoms with Crippen LogP contribution in [0, 0.1) is 0 Å². The molecule has 3 N–H and O–H groups in total. The minimum absolute atomic E-state index is 0.445. The Kier molecular flexibility index (Phi) is 3.74. The molecule has 124 valence electrons. The van der Waals surface area contributed by atoms with E-state index in [1.54, 1.807) is 25.7 Å². The van der Waals surface area contributed by atoms with Crippen molar-refractivity contribution >= 4 is 28.5 Å². The van der Waals surface area contributed by atoms with Gasteiger partial charge in [0.2, 0.25) is 5.88 Å². The average Bonchev–Trinajstić information content (AvgIpc) is 3.00. The molecular formula is C18H14ClN5O. The maximum Gasteiger partial charge on any atom is 0.212 e. The molecular weight excluding hydrogens is 338 g/mol. The third-order valence-corrected chi connectivity index (χ3v) is 4.11. The van der Waals surface area contributed by atoms with E-state index in [0.717, 1.165) is 33.4 Å². The van der Waals surface area contributed by atoms with E-state index in [-0.39, 0.29) is 0 Å². The molecule has 4 aromatic heterocycles. The molecule has 25 heavy (non-hydrogen) atoms. The quantitative estimate of drug-likeness (QED) is 0.583. The van der Waals surface area contributed by atoms with Gasteiger partial charge in [0.25, 0.3) is 0 Å². The summed E-state index contributed by atoms with van der Waals surface area (Å²) in [6.45, 7) is 0. The van der Waals surface area contributed by atoms with Crippen LogP contribution in [0.1, 0.15) is 0 Å². The number of nitrogen functional groups attached to an aromatic ring is 1. The van der Waals surface area contributed by atoms with Crippen molar-refractivity contribution in [3.63, 3.8) is 0 Å². The molecule has 6 nitrogen and oxygen atoms in total. The molecule has 4 rings (SSSR count). The van der Waals surface area contributed by atoms with Gasteiger partial charge in [0.05, 0.1) is 28.9 Å². The normalized spacial score (nSPS) is 11.0. The molecule has 0 atom stereocenters. The number of nitrogens with one attached hydrogen (secondary N) is 1. The summed E-state index contributed by atoms with van der Waals surface area (Å²) in [4.78, 5) is 16.2. The number of anilines is 1. The molecule has 0 aromatic carbocycles. The van der Waals surface area contributed by atoms with Crippen LogP contribution in [0.3, 0.4) is 0 Å². The zero-order chi connectivity index (χ0) is 17.4. The molecule has 4 heterocycles. The zero-order valence-corrected chi connectivity index (χ0v) is 14.1. The summed E-state index contributed by atoms with van der Waals surface area (Å²) >= 11 is 6.10. The summed E-state index contributed by atoms with van der Waals surface area (Å²) in [5.74, 6) is 0.996. The van der Waals surface area contributed by atoms with Gasteiger partial charge in [-0.05, 0) is 24.3 Å². The Morgan fingerprint density at radius 2 is 1.92 bits per heavy atom. The lowest BCUT2D eigenvalue weighted by Gasteiger charge is -2.06. The molecule has 0 fully saturated rings. The van der Waals surface area contributed by atoms with Crippen molar-refractivity contribution in [2.75, 3.05) is 12.8 Å². The molecule has 0 aliphatic carbocycles. The second-order valence-corrected chi connectivity index (χ2v) is 5.92. The highest BCUT2D eigenvalue weighted by molar-refractivity contribution is 6.31. The van der Waals surface area contributed by atoms with Gasteiger partial charge in [-0.3, -0.25) is 4.98 Å². The Morgan fingerprint density at radius 1 is 1.04 bits per heavy atom. The Morgan fingerprint density at radius 3 is 2.64 bits per heavy atom. The van der Waals surface area contributed by atoms with Crippen molar-refractivity contribution < 1.29 is 4.74 Å². The summed E-state index contributed by atoms with van der Waals surface area (Å²) in [7, 11) is 1.59. The maximum absolute atomic E-state index is 6.10. The molecule has 0 saturated heterocycles. The SMILES string of the molecule is COc1ccc(-c2c(-c3ccnc(N)c3)[nH]c3cc(Cl)cnc23)cn1. The lowest BCUT2D eigenvalue weighted by Crippen LogP contribution is -1.91. The molecule has 0 aliphatic rings. The highest BCUT2D eigenvalue weighted by Crippen LogP contribution is 2.38. The van der Waals surface area contributed by atoms with Crippen LogP contribution in [0.4, 0.5) is 5.82 Å². The number of hydrogen-bond acceptors (Lipinski definition) is 5. The number of methoxy groups -OCH3 is 1. The number of rotatable bonds is 3. The third-order valence-electron chi connectivity index (χ3n) is 3.90. The Bertz CT molecular complexity index is 1060. The number of H-pyrrole nitrogens is 1. The fourth-order valence-corrected chi connectivity index (χ4v) is 2.96. The van der Waals surface area contributed by atoms with E-state index in [1.165, 1.54) is 0 Å². The second-order valence-electron chi connectivity index (χ2n) is 5.48. The largest absolute Gasteiger partial charge is 0.481 e. The Labute approximate surface area is 148 Å². The van der Waals surface area contributed by atoms with Crippen LogP contribution >= 0.6 is 11.6 Å². The second kappa shape index (κ2) is 6.07. The molecule has 0 bridgehead atoms. The van der Waals surface area contributed by atoms with E-state index in [1.807, 2.05) is 30.3 Å². The smallest absolute Gasteiger partial charge is 0.212 e. The highest BCUT2D eigenvalue weighted by atomic mass is 35.5. The number of hydrogen-bond donors (Lipinski definition) is 2. The number of pyridine rings is 3. The average molecular weight is 352 g/mol. The fraction of sp³-hybridized carbons (Fsp3) is 0.0556. The van der Waals surface area contributed by atoms with Gasteiger partial charge in [0.1, 0.15) is 5.82 Å². The van der Waals surface area contributed by atoms with E-state index < -0.39 is 0 Å². The van der Waals surface area contributed by atoms with Gasteiger partial charge in [0.15, 0.2) is 0 Å². The molecule has 7 heteroatoms. The number of aromatic amines is 1. The van der Waals surface area contributed by atoms with Crippen LogP contribution in [0.2, 0.25) is 5.02 Å². The number of nitrogens with two attached hydrogens (primary N) is 1. The first-order valence-electron chi connectivity index (χ1n) is 7.55. The molecule has 0 amide bonds. The molecule has 0 radical (unpaired) electrons. The summed E-state index contributed by atoms with van der Waals surface area (Å²) in [5.41, 5.74) is 11.1. The van der Waals surface area contributed by atoms with Crippen molar-refractivity contribution in [1.29, 1.82) is 0 Å². The highest BCUT2D eigenvalue weighted by Gasteiger charge is 2.17. The lowest BCUT2D eigenvalue weighted by molar-refractivity contribution is 0.398. The number of ether oxygens (including phenoxy) is 1. The van der Waals surface area contributed by atoms with E-state index in [0.29, 0.717) is 16.7 Å². The molecule has 0 saturated carbocycles. The minimum atomic E-state index is 0.445. The van der Waals surface area contributed by atoms with Gasteiger partial charge in [0, 0.05) is 41.3 Å². The molecule has 0 unspecified atom stereocenters. The van der Waals surface area contributed by atoms with Gasteiger partial charge in [-0.2, -0.15) is 0 Å². The van der Waals surface area contributed by atoms with Crippen molar-refractivity contribution in [3.8, 4) is 28.3 Å². The van der Waals surface area contributed by atoms with Crippen LogP contribution < -0.4 is 10.5 Å². The zero-order valence-electron chi connectivity index (χ0n) is 13.3. The van der Waals surface area contributed by atoms with E-state index in [2.05, 4.69) is 19.9 Å². The summed E-state index contributed by atoms with van der Waals surface area (Å²) in [6.07, 6.45) is 5.06. The van der Waals surface area contributed by atoms with Crippen LogP contribution in [0.15, 0.2) is 48.9 Å². The maximum atomic E-state index is 6.10. The van der Waals surface area contributed by atoms with Crippen LogP contribution in [-0.4, -0.2) is 27.0 Å². The molecule has 0 aliphatic heterocycles. The minimum Gasteiger partial charge on any atom is -0.481 e. The van der Waals surface area contributed by atoms with Gasteiger partial charge in [-0.25, -0.2) is 9.97 Å². The fourth-order valence-electron chi connectivity index (χ4n) is 2.80. The number of aromatic nitrogens is 4. The van der Waals surface area contributed by atoms with Crippen molar-refractivity contribution in [2.45, 2.75) is 0 Å². The van der Waals surface area contributed by atoms with Crippen LogP contribution in [0.5, 0.6) is 5.88 Å². The monoisotopic (exact) mass is 351 g/mol. The summed E-state index contributed by atoms with van der Waals surface area (Å²) in [6, 6.07) is 9.31. The topological polar surface area (TPSA) is 89.7 Å². The predicted octanol–water partition coefficient (Wildman–Crippen LogP) is 3.93. The van der Waals surface area contributed by atoms with Crippen molar-refractivity contribution in [1.82, 2.24) is 19.9 Å². The van der Waals surface area contributed by atoms with Crippen LogP contribution in [-0.2, 0) is 0 Å². The predicted molar refractivity (Wildman–Crippen MR) is 98.5 cm³/mol. The first-order valence-corrected chi connectivity index (χ1v) is 7.93. The molecule has 0 spiro atoms. The number of nitrogens with zero attached hydrogens (tertiary/aromatic N) is 3. The lowest BCUT2D eigenvalue weighted by atomic mass is 10.0. The van der Waals surface area contributed by atoms with Crippen LogP contribution in [0.25, 0.3) is 33.4 Å². The number of fused-ring (bicyclic) bond motifs is 1. The van der Waals surface area contributed by atoms with Crippen molar-refractivity contribution in [2.24, 2.45) is 0 Å². The Balaban J connectivity index is 2.00. The standard InChI is InChI=1S/C18H14ClN5O/c1-25-15-3-2-11(8-22-15)16-17(10-4-5-21-14(20)6-10)24-13-7-12(19)9-23-18(13)16/h2-9,24H,1H3,(H2,20,21). The van der Waals surface area contributed by atoms with Gasteiger partial charge in [-0.1, -0.05) is 11.6 Å². The molecule has 4 aromatic rings. The van der Waals surface area contributed by atoms with Gasteiger partial charge < -0.3 is 15.5 Å². The Hall–Kier alpha value is -3.12. The summed E-state index contributed by atoms with van der Waals surface area (Å²) in [5, 5.41) is 0.564. The van der Waals surface area contributed by atoms with Gasteiger partial charge >= 0.3 is 0 Å². The first kappa shape index (κ1) is 15.4. The van der Waals surface area contributed by atoms with E-state index in [9.17, 15) is 0 Å². The van der Waals surface area contributed by atoms with E-state index in [4.69, 9.17) is 22.1 Å². The van der Waals surface area contributed by atoms with E-state index >= 15 is 0 Å². The summed E-state index contributed by atoms with van der Waals surface area (Å²) < 4.78 is 5.14. The first-order chi connectivity index (χ1) is 12.2. The third kappa shape index (κ3) is 2.77.